The molecule has 0 saturated carbocycles. The monoisotopic (exact) mass is 291 g/mol. The van der Waals surface area contributed by atoms with Crippen LogP contribution in [0.4, 0.5) is 4.79 Å². The summed E-state index contributed by atoms with van der Waals surface area (Å²) in [5, 5.41) is 2.88. The SMILES string of the molecule is CCCCNC(=O)N1CCC(N(C)S(C)(=O)=O)CC1. The minimum Gasteiger partial charge on any atom is -0.338 e. The fraction of sp³-hybridized carbons (Fsp3) is 0.917. The predicted octanol–water partition coefficient (Wildman–Crippen LogP) is 0.852. The molecule has 0 atom stereocenters. The zero-order chi connectivity index (χ0) is 14.5. The molecule has 1 aliphatic rings. The van der Waals surface area contributed by atoms with Crippen molar-refractivity contribution >= 4 is 16.1 Å². The number of amides is 2. The van der Waals surface area contributed by atoms with Gasteiger partial charge >= 0.3 is 6.03 Å². The Morgan fingerprint density at radius 3 is 2.42 bits per heavy atom. The normalized spacial score (nSPS) is 17.8. The van der Waals surface area contributed by atoms with E-state index in [1.165, 1.54) is 10.6 Å². The number of unbranched alkanes of at least 4 members (excludes halogenated alkanes) is 1. The van der Waals surface area contributed by atoms with Gasteiger partial charge in [-0.05, 0) is 19.3 Å². The molecule has 6 nitrogen and oxygen atoms in total. The Balaban J connectivity index is 2.38. The van der Waals surface area contributed by atoms with Gasteiger partial charge in [-0.3, -0.25) is 0 Å². The van der Waals surface area contributed by atoms with E-state index >= 15 is 0 Å². The van der Waals surface area contributed by atoms with E-state index in [1.54, 1.807) is 11.9 Å². The van der Waals surface area contributed by atoms with Crippen molar-refractivity contribution in [2.24, 2.45) is 0 Å². The molecule has 1 heterocycles. The molecule has 0 bridgehead atoms. The fourth-order valence-electron chi connectivity index (χ4n) is 2.19. The molecule has 0 radical (unpaired) electrons. The first-order valence-corrected chi connectivity index (χ1v) is 8.67. The molecule has 1 N–H and O–H groups in total. The van der Waals surface area contributed by atoms with Crippen LogP contribution in [0, 0.1) is 0 Å². The highest BCUT2D eigenvalue weighted by atomic mass is 32.2. The van der Waals surface area contributed by atoms with Gasteiger partial charge in [-0.1, -0.05) is 13.3 Å². The Hall–Kier alpha value is -0.820. The van der Waals surface area contributed by atoms with Crippen LogP contribution >= 0.6 is 0 Å². The van der Waals surface area contributed by atoms with E-state index in [0.29, 0.717) is 32.5 Å². The number of nitrogens with zero attached hydrogens (tertiary/aromatic N) is 2. The van der Waals surface area contributed by atoms with Crippen LogP contribution in [0.25, 0.3) is 0 Å². The van der Waals surface area contributed by atoms with E-state index in [4.69, 9.17) is 0 Å². The number of nitrogens with one attached hydrogen (secondary N) is 1. The van der Waals surface area contributed by atoms with Gasteiger partial charge in [-0.15, -0.1) is 0 Å². The van der Waals surface area contributed by atoms with E-state index in [0.717, 1.165) is 12.8 Å². The van der Waals surface area contributed by atoms with Gasteiger partial charge in [0.2, 0.25) is 10.0 Å². The molecule has 1 fully saturated rings. The Morgan fingerprint density at radius 1 is 1.37 bits per heavy atom. The van der Waals surface area contributed by atoms with Gasteiger partial charge in [0.15, 0.2) is 0 Å². The van der Waals surface area contributed by atoms with Crippen LogP contribution < -0.4 is 5.32 Å². The molecule has 2 amide bonds. The third-order valence-corrected chi connectivity index (χ3v) is 4.94. The average Bonchev–Trinajstić information content (AvgIpc) is 2.37. The Kier molecular flexibility index (Phi) is 6.06. The minimum absolute atomic E-state index is 0.00897. The molecule has 0 unspecified atom stereocenters. The Morgan fingerprint density at radius 2 is 1.95 bits per heavy atom. The smallest absolute Gasteiger partial charge is 0.317 e. The number of hydrogen-bond donors (Lipinski definition) is 1. The lowest BCUT2D eigenvalue weighted by Crippen LogP contribution is -2.49. The molecule has 0 aromatic rings. The summed E-state index contributed by atoms with van der Waals surface area (Å²) in [4.78, 5) is 13.6. The standard InChI is InChI=1S/C12H25N3O3S/c1-4-5-8-13-12(16)15-9-6-11(7-10-15)14(2)19(3,17)18/h11H,4-10H2,1-3H3,(H,13,16). The molecule has 0 aliphatic carbocycles. The lowest BCUT2D eigenvalue weighted by molar-refractivity contribution is 0.164. The van der Waals surface area contributed by atoms with Gasteiger partial charge in [-0.2, -0.15) is 0 Å². The summed E-state index contributed by atoms with van der Waals surface area (Å²) in [6.45, 7) is 4.02. The van der Waals surface area contributed by atoms with Crippen LogP contribution in [0.2, 0.25) is 0 Å². The van der Waals surface area contributed by atoms with Gasteiger partial charge in [0.05, 0.1) is 6.26 Å². The van der Waals surface area contributed by atoms with Crippen molar-refractivity contribution in [1.29, 1.82) is 0 Å². The van der Waals surface area contributed by atoms with Crippen molar-refractivity contribution in [2.75, 3.05) is 32.9 Å². The second-order valence-electron chi connectivity index (χ2n) is 5.08. The zero-order valence-electron chi connectivity index (χ0n) is 12.1. The van der Waals surface area contributed by atoms with Crippen LogP contribution in [0.1, 0.15) is 32.6 Å². The maximum Gasteiger partial charge on any atom is 0.317 e. The topological polar surface area (TPSA) is 69.7 Å². The molecule has 0 aromatic carbocycles. The highest BCUT2D eigenvalue weighted by Crippen LogP contribution is 2.17. The Labute approximate surface area is 116 Å². The van der Waals surface area contributed by atoms with Crippen molar-refractivity contribution in [3.63, 3.8) is 0 Å². The first-order valence-electron chi connectivity index (χ1n) is 6.82. The second-order valence-corrected chi connectivity index (χ2v) is 7.12. The summed E-state index contributed by atoms with van der Waals surface area (Å²) < 4.78 is 24.3. The highest BCUT2D eigenvalue weighted by molar-refractivity contribution is 7.88. The molecular weight excluding hydrogens is 266 g/mol. The highest BCUT2D eigenvalue weighted by Gasteiger charge is 2.28. The third kappa shape index (κ3) is 4.99. The lowest BCUT2D eigenvalue weighted by Gasteiger charge is -2.35. The first-order chi connectivity index (χ1) is 8.86. The zero-order valence-corrected chi connectivity index (χ0v) is 12.9. The van der Waals surface area contributed by atoms with Crippen molar-refractivity contribution in [3.05, 3.63) is 0 Å². The van der Waals surface area contributed by atoms with Crippen molar-refractivity contribution in [2.45, 2.75) is 38.6 Å². The van der Waals surface area contributed by atoms with Crippen molar-refractivity contribution in [3.8, 4) is 0 Å². The van der Waals surface area contributed by atoms with Crippen LogP contribution in [0.3, 0.4) is 0 Å². The molecule has 19 heavy (non-hydrogen) atoms. The van der Waals surface area contributed by atoms with Gasteiger partial charge in [-0.25, -0.2) is 17.5 Å². The van der Waals surface area contributed by atoms with Crippen LogP contribution in [-0.4, -0.2) is 62.6 Å². The molecule has 1 aliphatic heterocycles. The minimum atomic E-state index is -3.14. The van der Waals surface area contributed by atoms with Crippen molar-refractivity contribution < 1.29 is 13.2 Å². The van der Waals surface area contributed by atoms with Gasteiger partial charge in [0.25, 0.3) is 0 Å². The molecule has 1 rings (SSSR count). The molecule has 112 valence electrons. The number of urea groups is 1. The number of hydrogen-bond acceptors (Lipinski definition) is 3. The number of sulfonamides is 1. The summed E-state index contributed by atoms with van der Waals surface area (Å²) >= 11 is 0. The summed E-state index contributed by atoms with van der Waals surface area (Å²) in [5.41, 5.74) is 0. The molecule has 0 spiro atoms. The van der Waals surface area contributed by atoms with Crippen molar-refractivity contribution in [1.82, 2.24) is 14.5 Å². The average molecular weight is 291 g/mol. The summed E-state index contributed by atoms with van der Waals surface area (Å²) in [5.74, 6) is 0. The Bertz CT molecular complexity index is 389. The number of carbonyl (C=O) groups excluding carboxylic acids is 1. The summed E-state index contributed by atoms with van der Waals surface area (Å²) in [6, 6.07) is -0.0244. The van der Waals surface area contributed by atoms with E-state index in [1.807, 2.05) is 0 Å². The molecule has 7 heteroatoms. The van der Waals surface area contributed by atoms with Gasteiger partial charge < -0.3 is 10.2 Å². The maximum atomic E-state index is 11.8. The van der Waals surface area contributed by atoms with Gasteiger partial charge in [0, 0.05) is 32.7 Å². The number of likely N-dealkylation sites (tertiary alicyclic amines) is 1. The number of rotatable bonds is 5. The van der Waals surface area contributed by atoms with Crippen LogP contribution in [-0.2, 0) is 10.0 Å². The van der Waals surface area contributed by atoms with E-state index in [2.05, 4.69) is 12.2 Å². The molecule has 1 saturated heterocycles. The molecule has 0 aromatic heterocycles. The van der Waals surface area contributed by atoms with Crippen LogP contribution in [0.15, 0.2) is 0 Å². The quantitative estimate of drug-likeness (QED) is 0.764. The first kappa shape index (κ1) is 16.2. The third-order valence-electron chi connectivity index (χ3n) is 3.60. The lowest BCUT2D eigenvalue weighted by atomic mass is 10.1. The summed E-state index contributed by atoms with van der Waals surface area (Å²) in [7, 11) is -1.54. The predicted molar refractivity (Wildman–Crippen MR) is 75.5 cm³/mol. The number of piperidine rings is 1. The molecular formula is C12H25N3O3S. The van der Waals surface area contributed by atoms with E-state index in [9.17, 15) is 13.2 Å². The number of carbonyl (C=O) groups is 1. The van der Waals surface area contributed by atoms with E-state index in [-0.39, 0.29) is 12.1 Å². The maximum absolute atomic E-state index is 11.8. The van der Waals surface area contributed by atoms with Gasteiger partial charge in [0.1, 0.15) is 0 Å². The fourth-order valence-corrected chi connectivity index (χ4v) is 2.94. The summed E-state index contributed by atoms with van der Waals surface area (Å²) in [6.07, 6.45) is 4.66. The van der Waals surface area contributed by atoms with Crippen LogP contribution in [0.5, 0.6) is 0 Å². The largest absolute Gasteiger partial charge is 0.338 e. The second kappa shape index (κ2) is 7.09. The van der Waals surface area contributed by atoms with E-state index < -0.39 is 10.0 Å².